The molecule has 0 aromatic heterocycles. The molecule has 24 heavy (non-hydrogen) atoms. The third-order valence-corrected chi connectivity index (χ3v) is 3.65. The summed E-state index contributed by atoms with van der Waals surface area (Å²) in [5.74, 6) is -1.04. The van der Waals surface area contributed by atoms with Gasteiger partial charge in [0.25, 0.3) is 5.91 Å². The summed E-state index contributed by atoms with van der Waals surface area (Å²) in [6.07, 6.45) is 3.99. The fourth-order valence-electron chi connectivity index (χ4n) is 2.29. The van der Waals surface area contributed by atoms with Crippen LogP contribution in [0.3, 0.4) is 0 Å². The van der Waals surface area contributed by atoms with Crippen LogP contribution in [0.15, 0.2) is 53.6 Å². The number of nitrogens with zero attached hydrogens (tertiary/aromatic N) is 1. The normalized spacial score (nSPS) is 11.3. The summed E-state index contributed by atoms with van der Waals surface area (Å²) >= 11 is 0. The molecule has 0 aliphatic rings. The highest BCUT2D eigenvalue weighted by atomic mass is 16.3. The largest absolute Gasteiger partial charge is 0.504 e. The average molecular weight is 326 g/mol. The van der Waals surface area contributed by atoms with Crippen molar-refractivity contribution in [3.05, 3.63) is 59.7 Å². The van der Waals surface area contributed by atoms with Gasteiger partial charge < -0.3 is 10.2 Å². The lowest BCUT2D eigenvalue weighted by molar-refractivity contribution is 0.0954. The minimum absolute atomic E-state index is 0.231. The molecule has 0 saturated carbocycles. The zero-order chi connectivity index (χ0) is 17.4. The van der Waals surface area contributed by atoms with Crippen LogP contribution < -0.4 is 5.43 Å². The number of carbonyl (C=O) groups is 1. The quantitative estimate of drug-likeness (QED) is 0.313. The molecular formula is C19H22N2O3. The van der Waals surface area contributed by atoms with E-state index in [0.717, 1.165) is 37.0 Å². The summed E-state index contributed by atoms with van der Waals surface area (Å²) in [5.41, 5.74) is 4.55. The molecule has 3 N–H and O–H groups in total. The van der Waals surface area contributed by atoms with Gasteiger partial charge in [0.15, 0.2) is 11.5 Å². The predicted molar refractivity (Wildman–Crippen MR) is 94.4 cm³/mol. The third kappa shape index (κ3) is 4.84. The van der Waals surface area contributed by atoms with Crippen LogP contribution in [0.4, 0.5) is 0 Å². The van der Waals surface area contributed by atoms with Crippen LogP contribution >= 0.6 is 0 Å². The molecule has 0 bridgehead atoms. The highest BCUT2D eigenvalue weighted by Gasteiger charge is 2.09. The lowest BCUT2D eigenvalue weighted by Gasteiger charge is -2.08. The molecule has 2 rings (SSSR count). The minimum atomic E-state index is -0.436. The SMILES string of the molecule is CCCCCC(=NNC(=O)c1ccc(O)c(O)c1)c1ccccc1. The van der Waals surface area contributed by atoms with Crippen molar-refractivity contribution in [2.45, 2.75) is 32.6 Å². The van der Waals surface area contributed by atoms with Crippen LogP contribution in [0.5, 0.6) is 11.5 Å². The Morgan fingerprint density at radius 1 is 1.00 bits per heavy atom. The minimum Gasteiger partial charge on any atom is -0.504 e. The Morgan fingerprint density at radius 2 is 1.75 bits per heavy atom. The number of amides is 1. The first kappa shape index (κ1) is 17.5. The van der Waals surface area contributed by atoms with Gasteiger partial charge in [-0.05, 0) is 36.6 Å². The van der Waals surface area contributed by atoms with E-state index in [1.54, 1.807) is 0 Å². The molecule has 0 aliphatic carbocycles. The van der Waals surface area contributed by atoms with Crippen LogP contribution in [-0.2, 0) is 0 Å². The fourth-order valence-corrected chi connectivity index (χ4v) is 2.29. The first-order valence-corrected chi connectivity index (χ1v) is 8.06. The zero-order valence-electron chi connectivity index (χ0n) is 13.7. The Hall–Kier alpha value is -2.82. The number of hydrogen-bond donors (Lipinski definition) is 3. The smallest absolute Gasteiger partial charge is 0.271 e. The number of hydrazone groups is 1. The third-order valence-electron chi connectivity index (χ3n) is 3.65. The van der Waals surface area contributed by atoms with Gasteiger partial charge in [0.05, 0.1) is 5.71 Å². The summed E-state index contributed by atoms with van der Waals surface area (Å²) < 4.78 is 0. The number of phenolic OH excluding ortho intramolecular Hbond substituents is 2. The van der Waals surface area contributed by atoms with Gasteiger partial charge >= 0.3 is 0 Å². The number of carbonyl (C=O) groups excluding carboxylic acids is 1. The van der Waals surface area contributed by atoms with E-state index in [1.165, 1.54) is 18.2 Å². The van der Waals surface area contributed by atoms with E-state index < -0.39 is 5.91 Å². The standard InChI is InChI=1S/C19H22N2O3/c1-2-3-5-10-16(14-8-6-4-7-9-14)20-21-19(24)15-11-12-17(22)18(23)13-15/h4,6-9,11-13,22-23H,2-3,5,10H2,1H3,(H,21,24). The fraction of sp³-hybridized carbons (Fsp3) is 0.263. The molecule has 2 aromatic rings. The van der Waals surface area contributed by atoms with Gasteiger partial charge in [-0.2, -0.15) is 5.10 Å². The van der Waals surface area contributed by atoms with Gasteiger partial charge in [0, 0.05) is 5.56 Å². The molecule has 2 aromatic carbocycles. The Kier molecular flexibility index (Phi) is 6.37. The molecule has 1 amide bonds. The van der Waals surface area contributed by atoms with Crippen molar-refractivity contribution >= 4 is 11.6 Å². The summed E-state index contributed by atoms with van der Waals surface area (Å²) in [5, 5.41) is 23.1. The molecule has 0 unspecified atom stereocenters. The molecule has 0 fully saturated rings. The Labute approximate surface area is 141 Å². The van der Waals surface area contributed by atoms with Crippen LogP contribution in [0.2, 0.25) is 0 Å². The number of nitrogens with one attached hydrogen (secondary N) is 1. The Bertz CT molecular complexity index is 712. The maximum absolute atomic E-state index is 12.2. The van der Waals surface area contributed by atoms with Crippen LogP contribution in [-0.4, -0.2) is 21.8 Å². The Balaban J connectivity index is 2.13. The maximum Gasteiger partial charge on any atom is 0.271 e. The van der Waals surface area contributed by atoms with E-state index >= 15 is 0 Å². The van der Waals surface area contributed by atoms with Crippen LogP contribution in [0, 0.1) is 0 Å². The average Bonchev–Trinajstić information content (AvgIpc) is 2.61. The van der Waals surface area contributed by atoms with Crippen LogP contribution in [0.25, 0.3) is 0 Å². The number of rotatable bonds is 7. The van der Waals surface area contributed by atoms with Gasteiger partial charge in [0.1, 0.15) is 0 Å². The van der Waals surface area contributed by atoms with E-state index in [1.807, 2.05) is 30.3 Å². The first-order chi connectivity index (χ1) is 11.6. The van der Waals surface area contributed by atoms with Crippen LogP contribution in [0.1, 0.15) is 48.5 Å². The topological polar surface area (TPSA) is 81.9 Å². The summed E-state index contributed by atoms with van der Waals surface area (Å²) in [6, 6.07) is 13.6. The molecule has 0 radical (unpaired) electrons. The molecule has 0 heterocycles. The molecular weight excluding hydrogens is 304 g/mol. The number of benzene rings is 2. The molecule has 126 valence electrons. The van der Waals surface area contributed by atoms with Crippen molar-refractivity contribution in [1.29, 1.82) is 0 Å². The van der Waals surface area contributed by atoms with Gasteiger partial charge in [0.2, 0.25) is 0 Å². The van der Waals surface area contributed by atoms with E-state index in [-0.39, 0.29) is 17.1 Å². The monoisotopic (exact) mass is 326 g/mol. The molecule has 0 saturated heterocycles. The van der Waals surface area contributed by atoms with Gasteiger partial charge in [-0.25, -0.2) is 5.43 Å². The second-order valence-electron chi connectivity index (χ2n) is 5.53. The van der Waals surface area contributed by atoms with E-state index in [4.69, 9.17) is 0 Å². The molecule has 0 aliphatic heterocycles. The van der Waals surface area contributed by atoms with Crippen molar-refractivity contribution in [3.63, 3.8) is 0 Å². The van der Waals surface area contributed by atoms with E-state index in [9.17, 15) is 15.0 Å². The molecule has 5 nitrogen and oxygen atoms in total. The lowest BCUT2D eigenvalue weighted by Crippen LogP contribution is -2.20. The second kappa shape index (κ2) is 8.72. The maximum atomic E-state index is 12.2. The summed E-state index contributed by atoms with van der Waals surface area (Å²) in [6.45, 7) is 2.14. The van der Waals surface area contributed by atoms with E-state index in [0.29, 0.717) is 0 Å². The number of unbranched alkanes of at least 4 members (excludes halogenated alkanes) is 2. The summed E-state index contributed by atoms with van der Waals surface area (Å²) in [7, 11) is 0. The second-order valence-corrected chi connectivity index (χ2v) is 5.53. The van der Waals surface area contributed by atoms with Crippen molar-refractivity contribution in [2.24, 2.45) is 5.10 Å². The number of hydrogen-bond acceptors (Lipinski definition) is 4. The van der Waals surface area contributed by atoms with Gasteiger partial charge in [-0.1, -0.05) is 50.1 Å². The van der Waals surface area contributed by atoms with Gasteiger partial charge in [-0.15, -0.1) is 0 Å². The molecule has 5 heteroatoms. The Morgan fingerprint density at radius 3 is 2.42 bits per heavy atom. The predicted octanol–water partition coefficient (Wildman–Crippen LogP) is 3.81. The van der Waals surface area contributed by atoms with Crippen molar-refractivity contribution in [3.8, 4) is 11.5 Å². The van der Waals surface area contributed by atoms with Crippen molar-refractivity contribution in [1.82, 2.24) is 5.43 Å². The summed E-state index contributed by atoms with van der Waals surface area (Å²) in [4.78, 5) is 12.2. The lowest BCUT2D eigenvalue weighted by atomic mass is 10.0. The highest BCUT2D eigenvalue weighted by Crippen LogP contribution is 2.24. The number of aromatic hydroxyl groups is 2. The number of phenols is 2. The van der Waals surface area contributed by atoms with Gasteiger partial charge in [-0.3, -0.25) is 4.79 Å². The highest BCUT2D eigenvalue weighted by molar-refractivity contribution is 6.02. The van der Waals surface area contributed by atoms with Crippen molar-refractivity contribution in [2.75, 3.05) is 0 Å². The zero-order valence-corrected chi connectivity index (χ0v) is 13.7. The van der Waals surface area contributed by atoms with E-state index in [2.05, 4.69) is 17.5 Å². The molecule has 0 atom stereocenters. The molecule has 0 spiro atoms. The first-order valence-electron chi connectivity index (χ1n) is 8.06. The van der Waals surface area contributed by atoms with Crippen molar-refractivity contribution < 1.29 is 15.0 Å².